The smallest absolute Gasteiger partial charge is 0.216 e. The highest BCUT2D eigenvalue weighted by Gasteiger charge is 2.23. The molecule has 4 aromatic carbocycles. The molecule has 0 saturated carbocycles. The second kappa shape index (κ2) is 9.20. The summed E-state index contributed by atoms with van der Waals surface area (Å²) in [6.07, 6.45) is 0.0657. The summed E-state index contributed by atoms with van der Waals surface area (Å²) < 4.78 is 55.9. The Morgan fingerprint density at radius 3 is 2.00 bits per heavy atom. The molecule has 2 nitrogen and oxygen atoms in total. The fourth-order valence-corrected chi connectivity index (χ4v) is 5.32. The maximum absolute atomic E-state index is 15.6. The van der Waals surface area contributed by atoms with E-state index in [1.807, 2.05) is 43.3 Å². The molecule has 0 fully saturated rings. The zero-order chi connectivity index (χ0) is 30.8. The highest BCUT2D eigenvalue weighted by Crippen LogP contribution is 2.42. The predicted molar refractivity (Wildman–Crippen MR) is 159 cm³/mol. The van der Waals surface area contributed by atoms with Gasteiger partial charge in [0, 0.05) is 27.0 Å². The van der Waals surface area contributed by atoms with Crippen molar-refractivity contribution in [3.63, 3.8) is 0 Å². The molecule has 2 aromatic heterocycles. The number of pyridine rings is 1. The van der Waals surface area contributed by atoms with E-state index in [0.717, 1.165) is 27.5 Å². The molecule has 0 aliphatic heterocycles. The number of furan rings is 1. The molecule has 0 amide bonds. The number of rotatable bonds is 3. The molecule has 0 aliphatic rings. The van der Waals surface area contributed by atoms with Crippen LogP contribution >= 0.6 is 0 Å². The highest BCUT2D eigenvalue weighted by molar-refractivity contribution is 6.13. The molecule has 0 N–H and O–H groups in total. The lowest BCUT2D eigenvalue weighted by molar-refractivity contribution is -0.660. The van der Waals surface area contributed by atoms with Crippen LogP contribution in [-0.4, -0.2) is 0 Å². The van der Waals surface area contributed by atoms with Crippen LogP contribution in [-0.2, 0) is 12.5 Å². The fourth-order valence-electron chi connectivity index (χ4n) is 5.32. The van der Waals surface area contributed by atoms with Crippen molar-refractivity contribution < 1.29 is 18.9 Å². The molecule has 0 spiro atoms. The first kappa shape index (κ1) is 20.7. The summed E-state index contributed by atoms with van der Waals surface area (Å²) >= 11 is 0. The van der Waals surface area contributed by atoms with Gasteiger partial charge in [-0.25, -0.2) is 8.96 Å². The van der Waals surface area contributed by atoms with Gasteiger partial charge in [0.25, 0.3) is 0 Å². The van der Waals surface area contributed by atoms with E-state index in [9.17, 15) is 0 Å². The van der Waals surface area contributed by atoms with Crippen LogP contribution in [0.5, 0.6) is 0 Å². The predicted octanol–water partition coefficient (Wildman–Crippen LogP) is 9.46. The molecule has 2 heterocycles. The quantitative estimate of drug-likeness (QED) is 0.213. The monoisotopic (exact) mass is 518 g/mol. The number of aromatic nitrogens is 1. The first-order valence-corrected chi connectivity index (χ1v) is 13.1. The zero-order valence-electron chi connectivity index (χ0n) is 26.8. The molecule has 0 radical (unpaired) electrons. The zero-order valence-corrected chi connectivity index (χ0v) is 22.8. The minimum atomic E-state index is -2.37. The van der Waals surface area contributed by atoms with Crippen molar-refractivity contribution in [1.82, 2.24) is 0 Å². The van der Waals surface area contributed by atoms with Gasteiger partial charge in [0.1, 0.15) is 25.4 Å². The summed E-state index contributed by atoms with van der Waals surface area (Å²) in [5.41, 5.74) is 7.62. The number of fused-ring (bicyclic) bond motifs is 3. The molecule has 0 aliphatic carbocycles. The van der Waals surface area contributed by atoms with Crippen molar-refractivity contribution in [2.75, 3.05) is 0 Å². The van der Waals surface area contributed by atoms with Crippen LogP contribution in [0.4, 0.5) is 4.39 Å². The van der Waals surface area contributed by atoms with Gasteiger partial charge in [0.2, 0.25) is 5.69 Å². The second-order valence-corrected chi connectivity index (χ2v) is 11.3. The molecule has 0 saturated heterocycles. The molecule has 0 bridgehead atoms. The Labute approximate surface area is 235 Å². The van der Waals surface area contributed by atoms with Crippen molar-refractivity contribution in [3.05, 3.63) is 114 Å². The molecule has 6 rings (SSSR count). The summed E-state index contributed by atoms with van der Waals surface area (Å²) in [4.78, 5) is 0. The lowest BCUT2D eigenvalue weighted by atomic mass is 9.86. The van der Waals surface area contributed by atoms with E-state index in [2.05, 4.69) is 45.0 Å². The van der Waals surface area contributed by atoms with Crippen LogP contribution in [0.15, 0.2) is 95.5 Å². The Morgan fingerprint density at radius 1 is 0.769 bits per heavy atom. The highest BCUT2D eigenvalue weighted by atomic mass is 19.1. The van der Waals surface area contributed by atoms with Crippen LogP contribution < -0.4 is 4.57 Å². The van der Waals surface area contributed by atoms with Gasteiger partial charge in [0.05, 0.1) is 11.1 Å². The minimum absolute atomic E-state index is 0.0657. The van der Waals surface area contributed by atoms with Gasteiger partial charge in [-0.2, -0.15) is 0 Å². The topological polar surface area (TPSA) is 17.0 Å². The number of nitrogens with zero attached hydrogens (tertiary/aromatic N) is 1. The average molecular weight is 519 g/mol. The largest absolute Gasteiger partial charge is 0.454 e. The number of aryl methyl sites for hydroxylation is 2. The van der Waals surface area contributed by atoms with E-state index in [1.165, 1.54) is 17.7 Å². The summed E-state index contributed by atoms with van der Waals surface area (Å²) in [6.45, 7) is 6.12. The molecule has 0 unspecified atom stereocenters. The van der Waals surface area contributed by atoms with Crippen LogP contribution in [0.2, 0.25) is 0 Å². The number of hydrogen-bond acceptors (Lipinski definition) is 1. The van der Waals surface area contributed by atoms with Gasteiger partial charge in [-0.1, -0.05) is 81.4 Å². The van der Waals surface area contributed by atoms with Crippen molar-refractivity contribution in [3.8, 4) is 33.5 Å². The maximum Gasteiger partial charge on any atom is 0.216 e. The van der Waals surface area contributed by atoms with Crippen LogP contribution in [0.3, 0.4) is 0 Å². The Balaban J connectivity index is 1.51. The molecule has 6 aromatic rings. The SMILES string of the molecule is [2H]c1cc(C([2H])([2H])[2H])cc(-c2c(C)ccc3c2oc2c(-c4ccc(-c5ccc(C(C)(C)C)cc5)cc4)c(F)ccc23)[n+]1C. The average Bonchev–Trinajstić information content (AvgIpc) is 3.32. The Hall–Kier alpha value is -4.24. The number of halogens is 1. The third-order valence-electron chi connectivity index (χ3n) is 7.55. The van der Waals surface area contributed by atoms with Crippen molar-refractivity contribution >= 4 is 21.9 Å². The Bertz CT molecular complexity index is 2020. The van der Waals surface area contributed by atoms with Gasteiger partial charge >= 0.3 is 0 Å². The summed E-state index contributed by atoms with van der Waals surface area (Å²) in [5.74, 6) is -0.393. The third kappa shape index (κ3) is 4.32. The lowest BCUT2D eigenvalue weighted by Crippen LogP contribution is -2.30. The molecular formula is C36H33FNO+. The second-order valence-electron chi connectivity index (χ2n) is 11.3. The standard InChI is InChI=1S/C36H33FNO/c1-22-19-20-38(6)31(21-22)32-23(2)7-16-28-29-17-18-30(37)33(35(29)39-34(28)32)26-10-8-24(9-11-26)25-12-14-27(15-13-25)36(3,4)5/h7-21H,1-6H3/q+1/i1D3,20D. The number of benzene rings is 4. The summed E-state index contributed by atoms with van der Waals surface area (Å²) in [7, 11) is 1.73. The third-order valence-corrected chi connectivity index (χ3v) is 7.55. The van der Waals surface area contributed by atoms with Gasteiger partial charge < -0.3 is 4.42 Å². The number of hydrogen-bond donors (Lipinski definition) is 0. The normalized spacial score (nSPS) is 13.8. The maximum atomic E-state index is 15.6. The molecule has 0 atom stereocenters. The van der Waals surface area contributed by atoms with E-state index < -0.39 is 12.7 Å². The van der Waals surface area contributed by atoms with Crippen molar-refractivity contribution in [2.45, 2.75) is 40.0 Å². The minimum Gasteiger partial charge on any atom is -0.454 e. The van der Waals surface area contributed by atoms with Crippen LogP contribution in [0.25, 0.3) is 55.4 Å². The summed E-state index contributed by atoms with van der Waals surface area (Å²) in [5, 5.41) is 1.55. The Kier molecular flexibility index (Phi) is 4.88. The van der Waals surface area contributed by atoms with Crippen LogP contribution in [0.1, 0.15) is 42.9 Å². The van der Waals surface area contributed by atoms with Crippen molar-refractivity contribution in [1.29, 1.82) is 0 Å². The van der Waals surface area contributed by atoms with Gasteiger partial charge in [0.15, 0.2) is 6.17 Å². The molecule has 39 heavy (non-hydrogen) atoms. The fraction of sp³-hybridized carbons (Fsp3) is 0.194. The van der Waals surface area contributed by atoms with E-state index in [4.69, 9.17) is 9.90 Å². The van der Waals surface area contributed by atoms with Gasteiger partial charge in [-0.15, -0.1) is 0 Å². The van der Waals surface area contributed by atoms with E-state index in [1.54, 1.807) is 23.7 Å². The first-order chi connectivity index (χ1) is 20.2. The van der Waals surface area contributed by atoms with Crippen molar-refractivity contribution in [2.24, 2.45) is 7.05 Å². The lowest BCUT2D eigenvalue weighted by Gasteiger charge is -2.19. The first-order valence-electron chi connectivity index (χ1n) is 15.1. The molecule has 3 heteroatoms. The van der Waals surface area contributed by atoms with Crippen LogP contribution in [0, 0.1) is 19.6 Å². The van der Waals surface area contributed by atoms with E-state index in [-0.39, 0.29) is 17.2 Å². The van der Waals surface area contributed by atoms with E-state index in [0.29, 0.717) is 33.6 Å². The molecular weight excluding hydrogens is 481 g/mol. The molecule has 194 valence electrons. The van der Waals surface area contributed by atoms with Gasteiger partial charge in [-0.05, 0) is 64.7 Å². The Morgan fingerprint density at radius 2 is 1.36 bits per heavy atom. The summed E-state index contributed by atoms with van der Waals surface area (Å²) in [6, 6.07) is 26.4. The van der Waals surface area contributed by atoms with E-state index >= 15 is 4.39 Å². The van der Waals surface area contributed by atoms with Gasteiger partial charge in [-0.3, -0.25) is 0 Å².